The highest BCUT2D eigenvalue weighted by atomic mass is 16.4. The fraction of sp³-hybridized carbons (Fsp3) is 0.278. The molecule has 0 atom stereocenters. The van der Waals surface area contributed by atoms with E-state index < -0.39 is 0 Å². The Kier molecular flexibility index (Phi) is 5.01. The van der Waals surface area contributed by atoms with Crippen LogP contribution in [0, 0.1) is 0 Å². The summed E-state index contributed by atoms with van der Waals surface area (Å²) in [5.74, 6) is 1.07. The Bertz CT molecular complexity index is 877. The van der Waals surface area contributed by atoms with Gasteiger partial charge in [-0.2, -0.15) is 0 Å². The quantitative estimate of drug-likeness (QED) is 0.722. The molecule has 4 rings (SSSR count). The molecular formula is C18H19N7O2. The van der Waals surface area contributed by atoms with Crippen LogP contribution in [0.4, 0.5) is 11.8 Å². The Morgan fingerprint density at radius 2 is 1.89 bits per heavy atom. The molecule has 1 N–H and O–H groups in total. The van der Waals surface area contributed by atoms with Crippen LogP contribution in [0.3, 0.4) is 0 Å². The third-order valence-corrected chi connectivity index (χ3v) is 4.31. The summed E-state index contributed by atoms with van der Waals surface area (Å²) in [7, 11) is 0. The van der Waals surface area contributed by atoms with Gasteiger partial charge in [-0.25, -0.2) is 4.98 Å². The van der Waals surface area contributed by atoms with E-state index in [2.05, 4.69) is 35.3 Å². The number of hydrogen-bond donors (Lipinski definition) is 1. The van der Waals surface area contributed by atoms with Crippen molar-refractivity contribution < 1.29 is 9.21 Å². The number of piperazine rings is 1. The number of anilines is 2. The molecule has 3 heterocycles. The molecule has 0 saturated carbocycles. The molecule has 3 aromatic rings. The van der Waals surface area contributed by atoms with Gasteiger partial charge in [0.2, 0.25) is 11.8 Å². The lowest BCUT2D eigenvalue weighted by Gasteiger charge is -2.34. The minimum absolute atomic E-state index is 0.108. The van der Waals surface area contributed by atoms with E-state index in [1.165, 1.54) is 0 Å². The van der Waals surface area contributed by atoms with Gasteiger partial charge in [0.1, 0.15) is 5.82 Å². The topological polar surface area (TPSA) is 100 Å². The van der Waals surface area contributed by atoms with Crippen molar-refractivity contribution in [3.63, 3.8) is 0 Å². The zero-order chi connectivity index (χ0) is 18.5. The second kappa shape index (κ2) is 7.92. The fourth-order valence-corrected chi connectivity index (χ4v) is 2.92. The maximum atomic E-state index is 12.3. The molecule has 1 amide bonds. The summed E-state index contributed by atoms with van der Waals surface area (Å²) in [5, 5.41) is 10.5. The van der Waals surface area contributed by atoms with Crippen LogP contribution in [-0.2, 0) is 4.79 Å². The van der Waals surface area contributed by atoms with Crippen molar-refractivity contribution in [1.29, 1.82) is 0 Å². The zero-order valence-corrected chi connectivity index (χ0v) is 14.7. The summed E-state index contributed by atoms with van der Waals surface area (Å²) in [6, 6.07) is 9.53. The Morgan fingerprint density at radius 3 is 2.63 bits per heavy atom. The van der Waals surface area contributed by atoms with Crippen molar-refractivity contribution in [1.82, 2.24) is 25.1 Å². The fourth-order valence-electron chi connectivity index (χ4n) is 2.92. The molecule has 0 bridgehead atoms. The Balaban J connectivity index is 1.27. The van der Waals surface area contributed by atoms with Crippen molar-refractivity contribution in [2.75, 3.05) is 42.9 Å². The van der Waals surface area contributed by atoms with E-state index in [0.717, 1.165) is 37.6 Å². The molecule has 1 fully saturated rings. The van der Waals surface area contributed by atoms with Gasteiger partial charge in [-0.1, -0.05) is 23.3 Å². The monoisotopic (exact) mass is 365 g/mol. The lowest BCUT2D eigenvalue weighted by Crippen LogP contribution is -2.49. The maximum absolute atomic E-state index is 12.3. The van der Waals surface area contributed by atoms with E-state index >= 15 is 0 Å². The van der Waals surface area contributed by atoms with Gasteiger partial charge in [-0.05, 0) is 12.1 Å². The maximum Gasteiger partial charge on any atom is 0.322 e. The minimum Gasteiger partial charge on any atom is -0.403 e. The number of hydrogen-bond acceptors (Lipinski definition) is 8. The molecule has 138 valence electrons. The molecule has 2 aromatic heterocycles. The highest BCUT2D eigenvalue weighted by molar-refractivity contribution is 5.90. The molecule has 0 aliphatic carbocycles. The van der Waals surface area contributed by atoms with Crippen LogP contribution in [0.25, 0.3) is 11.5 Å². The predicted molar refractivity (Wildman–Crippen MR) is 99.0 cm³/mol. The van der Waals surface area contributed by atoms with Crippen LogP contribution in [0.15, 0.2) is 53.3 Å². The second-order valence-electron chi connectivity index (χ2n) is 6.15. The van der Waals surface area contributed by atoms with Crippen LogP contribution in [0.1, 0.15) is 0 Å². The van der Waals surface area contributed by atoms with Gasteiger partial charge < -0.3 is 9.32 Å². The van der Waals surface area contributed by atoms with E-state index in [1.807, 2.05) is 30.3 Å². The molecule has 9 nitrogen and oxygen atoms in total. The third kappa shape index (κ3) is 4.26. The Labute approximate surface area is 156 Å². The van der Waals surface area contributed by atoms with Gasteiger partial charge in [0, 0.05) is 44.1 Å². The lowest BCUT2D eigenvalue weighted by molar-refractivity contribution is -0.117. The molecule has 0 unspecified atom stereocenters. The third-order valence-electron chi connectivity index (χ3n) is 4.31. The molecule has 1 aliphatic rings. The summed E-state index contributed by atoms with van der Waals surface area (Å²) < 4.78 is 5.51. The molecule has 27 heavy (non-hydrogen) atoms. The standard InChI is InChI=1S/C18H19N7O2/c26-16(21-18-23-22-17(27-18)14-4-2-1-3-5-14)13-24-8-10-25(11-9-24)15-12-19-6-7-20-15/h1-7,12H,8-11,13H2,(H,21,23,26). The summed E-state index contributed by atoms with van der Waals surface area (Å²) >= 11 is 0. The lowest BCUT2D eigenvalue weighted by atomic mass is 10.2. The highest BCUT2D eigenvalue weighted by Gasteiger charge is 2.21. The van der Waals surface area contributed by atoms with Gasteiger partial charge in [-0.15, -0.1) is 5.10 Å². The smallest absolute Gasteiger partial charge is 0.322 e. The highest BCUT2D eigenvalue weighted by Crippen LogP contribution is 2.19. The second-order valence-corrected chi connectivity index (χ2v) is 6.15. The predicted octanol–water partition coefficient (Wildman–Crippen LogP) is 1.29. The first kappa shape index (κ1) is 17.1. The first-order valence-electron chi connectivity index (χ1n) is 8.70. The van der Waals surface area contributed by atoms with Crippen LogP contribution < -0.4 is 10.2 Å². The van der Waals surface area contributed by atoms with Gasteiger partial charge >= 0.3 is 6.01 Å². The summed E-state index contributed by atoms with van der Waals surface area (Å²) in [4.78, 5) is 24.9. The number of aromatic nitrogens is 4. The number of nitrogens with zero attached hydrogens (tertiary/aromatic N) is 6. The zero-order valence-electron chi connectivity index (χ0n) is 14.7. The van der Waals surface area contributed by atoms with E-state index in [1.54, 1.807) is 18.6 Å². The summed E-state index contributed by atoms with van der Waals surface area (Å²) in [6.45, 7) is 3.40. The van der Waals surface area contributed by atoms with E-state index in [0.29, 0.717) is 5.89 Å². The van der Waals surface area contributed by atoms with Gasteiger partial charge in [0.15, 0.2) is 0 Å². The van der Waals surface area contributed by atoms with Crippen LogP contribution in [-0.4, -0.2) is 63.7 Å². The summed E-state index contributed by atoms with van der Waals surface area (Å²) in [5.41, 5.74) is 0.811. The van der Waals surface area contributed by atoms with E-state index in [-0.39, 0.29) is 18.5 Å². The molecular weight excluding hydrogens is 346 g/mol. The number of benzene rings is 1. The minimum atomic E-state index is -0.175. The average molecular weight is 365 g/mol. The van der Waals surface area contributed by atoms with E-state index in [4.69, 9.17) is 4.42 Å². The van der Waals surface area contributed by atoms with Crippen molar-refractivity contribution in [2.45, 2.75) is 0 Å². The van der Waals surface area contributed by atoms with Crippen LogP contribution in [0.5, 0.6) is 0 Å². The van der Waals surface area contributed by atoms with Crippen molar-refractivity contribution >= 4 is 17.7 Å². The summed E-state index contributed by atoms with van der Waals surface area (Å²) in [6.07, 6.45) is 5.09. The van der Waals surface area contributed by atoms with Crippen LogP contribution >= 0.6 is 0 Å². The average Bonchev–Trinajstić information content (AvgIpc) is 3.18. The molecule has 9 heteroatoms. The van der Waals surface area contributed by atoms with Crippen LogP contribution in [0.2, 0.25) is 0 Å². The SMILES string of the molecule is O=C(CN1CCN(c2cnccn2)CC1)Nc1nnc(-c2ccccc2)o1. The van der Waals surface area contributed by atoms with Crippen molar-refractivity contribution in [3.05, 3.63) is 48.9 Å². The molecule has 1 aromatic carbocycles. The molecule has 0 radical (unpaired) electrons. The molecule has 1 saturated heterocycles. The van der Waals surface area contributed by atoms with Crippen molar-refractivity contribution in [2.24, 2.45) is 0 Å². The van der Waals surface area contributed by atoms with E-state index in [9.17, 15) is 4.79 Å². The first-order chi connectivity index (χ1) is 13.3. The first-order valence-corrected chi connectivity index (χ1v) is 8.70. The molecule has 0 spiro atoms. The number of amides is 1. The number of carbonyl (C=O) groups is 1. The Morgan fingerprint density at radius 1 is 1.07 bits per heavy atom. The molecule has 1 aliphatic heterocycles. The van der Waals surface area contributed by atoms with Crippen molar-refractivity contribution in [3.8, 4) is 11.5 Å². The van der Waals surface area contributed by atoms with Gasteiger partial charge in [0.05, 0.1) is 12.7 Å². The Hall–Kier alpha value is -3.33. The normalized spacial score (nSPS) is 14.9. The number of rotatable bonds is 5. The number of nitrogens with one attached hydrogen (secondary N) is 1. The van der Waals surface area contributed by atoms with Gasteiger partial charge in [-0.3, -0.25) is 20.0 Å². The van der Waals surface area contributed by atoms with Gasteiger partial charge in [0.25, 0.3) is 0 Å². The number of carbonyl (C=O) groups excluding carboxylic acids is 1. The largest absolute Gasteiger partial charge is 0.403 e.